The van der Waals surface area contributed by atoms with Crippen molar-refractivity contribution in [2.75, 3.05) is 11.5 Å². The van der Waals surface area contributed by atoms with Crippen molar-refractivity contribution in [2.24, 2.45) is 0 Å². The largest absolute Gasteiger partial charge is 0.289 e. The molecule has 5 rings (SSSR count). The van der Waals surface area contributed by atoms with Crippen LogP contribution in [0.4, 0.5) is 5.69 Å². The number of thioether (sulfide) groups is 1. The van der Waals surface area contributed by atoms with E-state index in [0.29, 0.717) is 32.5 Å². The molecule has 2 saturated heterocycles. The Morgan fingerprint density at radius 2 is 1.94 bits per heavy atom. The van der Waals surface area contributed by atoms with Crippen LogP contribution in [0.5, 0.6) is 0 Å². The summed E-state index contributed by atoms with van der Waals surface area (Å²) >= 11 is 6.52. The molecule has 178 valence electrons. The van der Waals surface area contributed by atoms with Crippen molar-refractivity contribution in [3.63, 3.8) is 0 Å². The van der Waals surface area contributed by atoms with Gasteiger partial charge in [-0.25, -0.2) is 13.1 Å². The highest BCUT2D eigenvalue weighted by atomic mass is 32.2. The molecule has 1 amide bonds. The molecular weight excluding hydrogens is 508 g/mol. The molecule has 12 heteroatoms. The summed E-state index contributed by atoms with van der Waals surface area (Å²) in [6.07, 6.45) is 3.76. The lowest BCUT2D eigenvalue weighted by Crippen LogP contribution is -2.39. The van der Waals surface area contributed by atoms with Gasteiger partial charge >= 0.3 is 0 Å². The number of hydrogen-bond donors (Lipinski definition) is 0. The molecule has 9 nitrogen and oxygen atoms in total. The normalized spacial score (nSPS) is 20.6. The van der Waals surface area contributed by atoms with Gasteiger partial charge in [0.25, 0.3) is 11.6 Å². The van der Waals surface area contributed by atoms with Crippen molar-refractivity contribution >= 4 is 55.8 Å². The molecule has 35 heavy (non-hydrogen) atoms. The number of rotatable bonds is 5. The molecule has 2 aliphatic heterocycles. The number of para-hydroxylation sites is 1. The van der Waals surface area contributed by atoms with Crippen LogP contribution in [0.3, 0.4) is 0 Å². The second-order valence-corrected chi connectivity index (χ2v) is 12.0. The van der Waals surface area contributed by atoms with Crippen LogP contribution in [0.1, 0.15) is 12.0 Å². The lowest BCUT2D eigenvalue weighted by atomic mass is 10.1. The third kappa shape index (κ3) is 4.64. The third-order valence-corrected chi connectivity index (χ3v) is 8.86. The van der Waals surface area contributed by atoms with Crippen LogP contribution in [-0.2, 0) is 14.6 Å². The summed E-state index contributed by atoms with van der Waals surface area (Å²) in [5.41, 5.74) is 2.27. The first-order valence-electron chi connectivity index (χ1n) is 10.6. The van der Waals surface area contributed by atoms with E-state index in [-0.39, 0.29) is 23.1 Å². The average molecular weight is 527 g/mol. The zero-order valence-electron chi connectivity index (χ0n) is 18.1. The van der Waals surface area contributed by atoms with Crippen molar-refractivity contribution < 1.29 is 18.1 Å². The predicted octanol–water partition coefficient (Wildman–Crippen LogP) is 3.84. The van der Waals surface area contributed by atoms with Gasteiger partial charge in [-0.15, -0.1) is 0 Å². The second kappa shape index (κ2) is 9.02. The Morgan fingerprint density at radius 1 is 1.17 bits per heavy atom. The van der Waals surface area contributed by atoms with Crippen LogP contribution in [0, 0.1) is 10.1 Å². The van der Waals surface area contributed by atoms with E-state index in [2.05, 4.69) is 5.10 Å². The summed E-state index contributed by atoms with van der Waals surface area (Å²) in [5, 5.41) is 16.0. The number of sulfone groups is 1. The summed E-state index contributed by atoms with van der Waals surface area (Å²) in [6.45, 7) is 0. The standard InChI is InChI=1S/C23H18N4O5S3/c28-22-20(34-23(33)26(22)19-9-10-35(31,32)14-19)12-16-13-25(17-6-2-1-3-7-17)24-21(16)15-5-4-8-18(11-15)27(29)30/h1-8,11-13,19H,9-10,14H2/b20-12-. The highest BCUT2D eigenvalue weighted by Gasteiger charge is 2.42. The molecule has 0 N–H and O–H groups in total. The molecule has 1 unspecified atom stereocenters. The number of aromatic nitrogens is 2. The molecule has 3 aromatic rings. The van der Waals surface area contributed by atoms with E-state index < -0.39 is 20.8 Å². The number of amides is 1. The number of non-ortho nitro benzene ring substituents is 1. The first kappa shape index (κ1) is 23.4. The van der Waals surface area contributed by atoms with Gasteiger partial charge in [0, 0.05) is 29.5 Å². The van der Waals surface area contributed by atoms with Gasteiger partial charge in [-0.1, -0.05) is 54.3 Å². The number of hydrogen-bond acceptors (Lipinski definition) is 8. The van der Waals surface area contributed by atoms with E-state index in [1.807, 2.05) is 30.3 Å². The van der Waals surface area contributed by atoms with Gasteiger partial charge < -0.3 is 0 Å². The average Bonchev–Trinajstić information content (AvgIpc) is 3.49. The molecule has 0 saturated carbocycles. The number of carbonyl (C=O) groups is 1. The maximum absolute atomic E-state index is 13.2. The second-order valence-electron chi connectivity index (χ2n) is 8.13. The van der Waals surface area contributed by atoms with Crippen LogP contribution in [-0.4, -0.2) is 55.8 Å². The van der Waals surface area contributed by atoms with Crippen molar-refractivity contribution in [1.82, 2.24) is 14.7 Å². The number of nitro groups is 1. The number of nitro benzene ring substituents is 1. The molecule has 1 atom stereocenters. The minimum absolute atomic E-state index is 0.0363. The molecule has 0 radical (unpaired) electrons. The van der Waals surface area contributed by atoms with Gasteiger partial charge in [-0.05, 0) is 24.6 Å². The summed E-state index contributed by atoms with van der Waals surface area (Å²) in [6, 6.07) is 15.0. The predicted molar refractivity (Wildman–Crippen MR) is 138 cm³/mol. The number of nitrogens with zero attached hydrogens (tertiary/aromatic N) is 4. The maximum atomic E-state index is 13.2. The van der Waals surface area contributed by atoms with E-state index >= 15 is 0 Å². The van der Waals surface area contributed by atoms with Crippen molar-refractivity contribution in [2.45, 2.75) is 12.5 Å². The summed E-state index contributed by atoms with van der Waals surface area (Å²) in [4.78, 5) is 25.8. The molecule has 0 bridgehead atoms. The van der Waals surface area contributed by atoms with E-state index in [0.717, 1.165) is 17.4 Å². The Bertz CT molecular complexity index is 1500. The number of benzene rings is 2. The molecular formula is C23H18N4O5S3. The van der Waals surface area contributed by atoms with Gasteiger partial charge in [0.1, 0.15) is 10.0 Å². The fourth-order valence-corrected chi connectivity index (χ4v) is 7.20. The Kier molecular flexibility index (Phi) is 6.03. The molecule has 3 heterocycles. The van der Waals surface area contributed by atoms with Gasteiger partial charge in [0.15, 0.2) is 9.84 Å². The quantitative estimate of drug-likeness (QED) is 0.213. The Morgan fingerprint density at radius 3 is 2.63 bits per heavy atom. The minimum Gasteiger partial charge on any atom is -0.289 e. The first-order chi connectivity index (χ1) is 16.7. The van der Waals surface area contributed by atoms with Crippen molar-refractivity contribution in [3.05, 3.63) is 81.4 Å². The lowest BCUT2D eigenvalue weighted by Gasteiger charge is -2.20. The van der Waals surface area contributed by atoms with Gasteiger partial charge in [-0.3, -0.25) is 19.8 Å². The zero-order valence-corrected chi connectivity index (χ0v) is 20.6. The highest BCUT2D eigenvalue weighted by molar-refractivity contribution is 8.26. The van der Waals surface area contributed by atoms with E-state index in [4.69, 9.17) is 12.2 Å². The Balaban J connectivity index is 1.57. The Hall–Kier alpha value is -3.35. The fourth-order valence-electron chi connectivity index (χ4n) is 4.11. The summed E-state index contributed by atoms with van der Waals surface area (Å²) in [5.74, 6) is -0.411. The third-order valence-electron chi connectivity index (χ3n) is 5.78. The molecule has 0 aliphatic carbocycles. The topological polar surface area (TPSA) is 115 Å². The number of carbonyl (C=O) groups excluding carboxylic acids is 1. The molecule has 0 spiro atoms. The van der Waals surface area contributed by atoms with Crippen LogP contribution in [0.15, 0.2) is 65.7 Å². The van der Waals surface area contributed by atoms with Crippen LogP contribution in [0.2, 0.25) is 0 Å². The van der Waals surface area contributed by atoms with Gasteiger partial charge in [0.05, 0.1) is 33.1 Å². The molecule has 1 aromatic heterocycles. The van der Waals surface area contributed by atoms with Crippen LogP contribution in [0.25, 0.3) is 23.0 Å². The zero-order chi connectivity index (χ0) is 24.7. The monoisotopic (exact) mass is 526 g/mol. The fraction of sp³-hybridized carbons (Fsp3) is 0.174. The minimum atomic E-state index is -3.19. The smallest absolute Gasteiger partial charge is 0.270 e. The summed E-state index contributed by atoms with van der Waals surface area (Å²) < 4.78 is 25.8. The van der Waals surface area contributed by atoms with Gasteiger partial charge in [0.2, 0.25) is 0 Å². The molecule has 2 fully saturated rings. The first-order valence-corrected chi connectivity index (χ1v) is 13.6. The van der Waals surface area contributed by atoms with Crippen LogP contribution >= 0.6 is 24.0 Å². The van der Waals surface area contributed by atoms with E-state index in [1.54, 1.807) is 29.1 Å². The maximum Gasteiger partial charge on any atom is 0.270 e. The molecule has 2 aliphatic rings. The van der Waals surface area contributed by atoms with Crippen molar-refractivity contribution in [3.8, 4) is 16.9 Å². The van der Waals surface area contributed by atoms with Crippen molar-refractivity contribution in [1.29, 1.82) is 0 Å². The SMILES string of the molecule is O=C1/C(=C/c2cn(-c3ccccc3)nc2-c2cccc([N+](=O)[O-])c2)SC(=S)N1C1CCS(=O)(=O)C1. The Labute approximate surface area is 210 Å². The lowest BCUT2D eigenvalue weighted by molar-refractivity contribution is -0.384. The van der Waals surface area contributed by atoms with E-state index in [1.165, 1.54) is 17.0 Å². The van der Waals surface area contributed by atoms with Crippen LogP contribution < -0.4 is 0 Å². The van der Waals surface area contributed by atoms with E-state index in [9.17, 15) is 23.3 Å². The highest BCUT2D eigenvalue weighted by Crippen LogP contribution is 2.38. The number of thiocarbonyl (C=S) groups is 1. The van der Waals surface area contributed by atoms with Gasteiger partial charge in [-0.2, -0.15) is 5.10 Å². The summed E-state index contributed by atoms with van der Waals surface area (Å²) in [7, 11) is -3.19. The molecule has 2 aromatic carbocycles.